The molecule has 0 aliphatic rings. The fraction of sp³-hybridized carbons (Fsp3) is 0.0370. The molecule has 0 unspecified atom stereocenters. The monoisotopic (exact) mass is 498 g/mol. The molecule has 0 radical (unpaired) electrons. The Bertz CT molecular complexity index is 1540. The smallest absolute Gasteiger partial charge is 0.171 e. The highest BCUT2D eigenvalue weighted by Crippen LogP contribution is 2.32. The zero-order valence-corrected chi connectivity index (χ0v) is 19.7. The Hall–Kier alpha value is -4.50. The highest BCUT2D eigenvalue weighted by Gasteiger charge is 2.14. The summed E-state index contributed by atoms with van der Waals surface area (Å²) in [6, 6.07) is 21.2. The minimum absolute atomic E-state index is 0.344. The fourth-order valence-corrected chi connectivity index (χ4v) is 3.84. The molecule has 0 fully saturated rings. The van der Waals surface area contributed by atoms with Crippen LogP contribution in [-0.4, -0.2) is 20.1 Å². The third kappa shape index (κ3) is 5.26. The topological polar surface area (TPSA) is 88.8 Å². The number of nitrogens with two attached hydrogens (primary N) is 1. The minimum atomic E-state index is -0.349. The van der Waals surface area contributed by atoms with Crippen molar-refractivity contribution in [3.05, 3.63) is 102 Å². The third-order valence-electron chi connectivity index (χ3n) is 5.46. The Kier molecular flexibility index (Phi) is 6.46. The predicted molar refractivity (Wildman–Crippen MR) is 142 cm³/mol. The summed E-state index contributed by atoms with van der Waals surface area (Å²) in [6.45, 7) is 0.488. The lowest BCUT2D eigenvalue weighted by atomic mass is 10.0. The van der Waals surface area contributed by atoms with E-state index < -0.39 is 0 Å². The van der Waals surface area contributed by atoms with E-state index in [-0.39, 0.29) is 11.6 Å². The zero-order chi connectivity index (χ0) is 25.1. The largest absolute Gasteiger partial charge is 0.384 e. The lowest BCUT2D eigenvalue weighted by Gasteiger charge is -2.13. The maximum Gasteiger partial charge on any atom is 0.171 e. The summed E-state index contributed by atoms with van der Waals surface area (Å²) in [7, 11) is 0. The first-order valence-corrected chi connectivity index (χ1v) is 11.4. The van der Waals surface area contributed by atoms with Crippen LogP contribution in [0.25, 0.3) is 33.5 Å². The number of nitrogens with zero attached hydrogens (tertiary/aromatic N) is 3. The molecule has 0 saturated carbocycles. The number of benzene rings is 3. The van der Waals surface area contributed by atoms with E-state index in [9.17, 15) is 8.78 Å². The molecule has 0 aliphatic carbocycles. The Morgan fingerprint density at radius 1 is 0.778 bits per heavy atom. The Morgan fingerprint density at radius 3 is 1.97 bits per heavy atom. The molecule has 0 bridgehead atoms. The van der Waals surface area contributed by atoms with Crippen molar-refractivity contribution in [1.29, 1.82) is 0 Å². The molecule has 4 N–H and O–H groups in total. The van der Waals surface area contributed by atoms with Gasteiger partial charge in [-0.2, -0.15) is 0 Å². The second-order valence-corrected chi connectivity index (χ2v) is 8.45. The quantitative estimate of drug-likeness (QED) is 0.268. The van der Waals surface area contributed by atoms with Crippen LogP contribution in [0.2, 0.25) is 0 Å². The van der Waals surface area contributed by atoms with Crippen LogP contribution in [0.3, 0.4) is 0 Å². The number of aromatic nitrogens is 3. The Labute approximate surface area is 211 Å². The van der Waals surface area contributed by atoms with Gasteiger partial charge in [-0.05, 0) is 90.6 Å². The molecule has 9 heteroatoms. The molecule has 0 saturated heterocycles. The van der Waals surface area contributed by atoms with Crippen molar-refractivity contribution in [1.82, 2.24) is 20.3 Å². The summed E-state index contributed by atoms with van der Waals surface area (Å²) < 4.78 is 27.1. The predicted octanol–water partition coefficient (Wildman–Crippen LogP) is 5.71. The van der Waals surface area contributed by atoms with Gasteiger partial charge in [-0.25, -0.2) is 23.7 Å². The molecule has 3 aromatic carbocycles. The van der Waals surface area contributed by atoms with Crippen LogP contribution in [0.4, 0.5) is 20.3 Å². The van der Waals surface area contributed by atoms with Gasteiger partial charge in [0, 0.05) is 29.6 Å². The number of fused-ring (bicyclic) bond motifs is 1. The second-order valence-electron chi connectivity index (χ2n) is 8.04. The molecule has 0 aliphatic heterocycles. The van der Waals surface area contributed by atoms with Gasteiger partial charge >= 0.3 is 0 Å². The van der Waals surface area contributed by atoms with E-state index >= 15 is 0 Å². The number of nitrogens with one attached hydrogen (secondary N) is 2. The number of pyridine rings is 1. The minimum Gasteiger partial charge on any atom is -0.384 e. The Balaban J connectivity index is 1.45. The van der Waals surface area contributed by atoms with Crippen LogP contribution in [0.1, 0.15) is 5.56 Å². The van der Waals surface area contributed by atoms with Crippen LogP contribution < -0.4 is 16.4 Å². The number of hydrogen-bond donors (Lipinski definition) is 3. The van der Waals surface area contributed by atoms with Gasteiger partial charge in [-0.3, -0.25) is 0 Å². The summed E-state index contributed by atoms with van der Waals surface area (Å²) >= 11 is 5.42. The van der Waals surface area contributed by atoms with Crippen molar-refractivity contribution in [2.24, 2.45) is 0 Å². The van der Waals surface area contributed by atoms with E-state index in [1.54, 1.807) is 36.5 Å². The van der Waals surface area contributed by atoms with Crippen LogP contribution in [0.15, 0.2) is 85.1 Å². The van der Waals surface area contributed by atoms with E-state index in [1.807, 2.05) is 24.3 Å². The van der Waals surface area contributed by atoms with E-state index in [1.165, 1.54) is 24.3 Å². The van der Waals surface area contributed by atoms with Crippen molar-refractivity contribution >= 4 is 39.9 Å². The molecule has 6 nitrogen and oxygen atoms in total. The lowest BCUT2D eigenvalue weighted by molar-refractivity contribution is 0.627. The van der Waals surface area contributed by atoms with E-state index in [2.05, 4.69) is 15.6 Å². The summed E-state index contributed by atoms with van der Waals surface area (Å²) in [5.41, 5.74) is 11.1. The molecule has 0 atom stereocenters. The van der Waals surface area contributed by atoms with Gasteiger partial charge in [0.05, 0.1) is 22.4 Å². The molecule has 2 heterocycles. The van der Waals surface area contributed by atoms with Gasteiger partial charge in [-0.1, -0.05) is 6.07 Å². The first-order valence-electron chi connectivity index (χ1n) is 11.0. The Morgan fingerprint density at radius 2 is 1.39 bits per heavy atom. The molecular weight excluding hydrogens is 478 g/mol. The molecule has 36 heavy (non-hydrogen) atoms. The average Bonchev–Trinajstić information content (AvgIpc) is 2.88. The second kappa shape index (κ2) is 10.0. The van der Waals surface area contributed by atoms with Gasteiger partial charge in [0.25, 0.3) is 0 Å². The highest BCUT2D eigenvalue weighted by atomic mass is 32.1. The van der Waals surface area contributed by atoms with Crippen LogP contribution in [0, 0.1) is 11.6 Å². The van der Waals surface area contributed by atoms with Gasteiger partial charge in [-0.15, -0.1) is 0 Å². The van der Waals surface area contributed by atoms with E-state index in [4.69, 9.17) is 27.9 Å². The van der Waals surface area contributed by atoms with Crippen LogP contribution >= 0.6 is 12.2 Å². The van der Waals surface area contributed by atoms with Crippen LogP contribution in [0.5, 0.6) is 0 Å². The first kappa shape index (κ1) is 23.3. The molecule has 5 aromatic rings. The number of thiocarbonyl (C=S) groups is 1. The van der Waals surface area contributed by atoms with Gasteiger partial charge in [0.2, 0.25) is 0 Å². The molecule has 0 spiro atoms. The zero-order valence-electron chi connectivity index (χ0n) is 18.9. The number of hydrogen-bond acceptors (Lipinski definition) is 5. The fourth-order valence-electron chi connectivity index (χ4n) is 3.65. The maximum atomic E-state index is 13.6. The van der Waals surface area contributed by atoms with Crippen molar-refractivity contribution in [2.45, 2.75) is 6.54 Å². The first-order chi connectivity index (χ1) is 17.4. The van der Waals surface area contributed by atoms with Crippen molar-refractivity contribution < 1.29 is 8.78 Å². The number of rotatable bonds is 5. The van der Waals surface area contributed by atoms with Gasteiger partial charge < -0.3 is 16.4 Å². The summed E-state index contributed by atoms with van der Waals surface area (Å²) in [5.74, 6) is -0.235. The van der Waals surface area contributed by atoms with Crippen molar-refractivity contribution in [2.75, 3.05) is 11.1 Å². The molecule has 178 valence electrons. The third-order valence-corrected chi connectivity index (χ3v) is 5.70. The maximum absolute atomic E-state index is 13.6. The summed E-state index contributed by atoms with van der Waals surface area (Å²) in [6.07, 6.45) is 1.69. The van der Waals surface area contributed by atoms with Gasteiger partial charge in [0.15, 0.2) is 5.11 Å². The van der Waals surface area contributed by atoms with Crippen molar-refractivity contribution in [3.63, 3.8) is 0 Å². The van der Waals surface area contributed by atoms with Gasteiger partial charge in [0.1, 0.15) is 17.5 Å². The standard InChI is InChI=1S/C27H20F2N6S/c28-19-6-2-17(3-7-19)25-26(18-4-8-20(29)9-5-18)35-23-13-21(10-11-22(23)34-25)33-27(36)32-15-16-1-12-24(30)31-14-16/h1-14H,15H2,(H2,30,31)(H2,32,33,36). The molecule has 0 amide bonds. The molecule has 5 rings (SSSR count). The van der Waals surface area contributed by atoms with E-state index in [0.717, 1.165) is 11.3 Å². The number of halogens is 2. The molecular formula is C27H20F2N6S. The van der Waals surface area contributed by atoms with E-state index in [0.29, 0.717) is 51.0 Å². The number of anilines is 2. The SMILES string of the molecule is Nc1ccc(CNC(=S)Nc2ccc3nc(-c4ccc(F)cc4)c(-c4ccc(F)cc4)nc3c2)cn1. The molecule has 2 aromatic heterocycles. The summed E-state index contributed by atoms with van der Waals surface area (Å²) in [4.78, 5) is 13.7. The van der Waals surface area contributed by atoms with Crippen molar-refractivity contribution in [3.8, 4) is 22.5 Å². The normalized spacial score (nSPS) is 10.8. The number of nitrogen functional groups attached to an aromatic ring is 1. The highest BCUT2D eigenvalue weighted by molar-refractivity contribution is 7.80. The average molecular weight is 499 g/mol. The summed E-state index contributed by atoms with van der Waals surface area (Å²) in [5, 5.41) is 6.71. The van der Waals surface area contributed by atoms with Crippen LogP contribution in [-0.2, 0) is 6.54 Å². The lowest BCUT2D eigenvalue weighted by Crippen LogP contribution is -2.27.